The quantitative estimate of drug-likeness (QED) is 0.765. The van der Waals surface area contributed by atoms with Gasteiger partial charge < -0.3 is 5.73 Å². The van der Waals surface area contributed by atoms with E-state index in [2.05, 4.69) is 44.4 Å². The number of hydrogen-bond donors (Lipinski definition) is 1. The van der Waals surface area contributed by atoms with Crippen molar-refractivity contribution in [3.63, 3.8) is 0 Å². The molecule has 0 aliphatic heterocycles. The van der Waals surface area contributed by atoms with E-state index in [0.29, 0.717) is 18.6 Å². The third kappa shape index (κ3) is 8.65. The summed E-state index contributed by atoms with van der Waals surface area (Å²) in [6, 6.07) is 1.11. The minimum Gasteiger partial charge on any atom is -0.320 e. The van der Waals surface area contributed by atoms with Gasteiger partial charge in [-0.25, -0.2) is 0 Å². The molecule has 0 bridgehead atoms. The summed E-state index contributed by atoms with van der Waals surface area (Å²) in [5.41, 5.74) is 5.27. The van der Waals surface area contributed by atoms with Gasteiger partial charge in [0.25, 0.3) is 0 Å². The topological polar surface area (TPSA) is 29.3 Å². The van der Waals surface area contributed by atoms with Crippen molar-refractivity contribution < 1.29 is 0 Å². The molecule has 0 atom stereocenters. The Kier molecular flexibility index (Phi) is 15.6. The second-order valence-electron chi connectivity index (χ2n) is 3.42. The average Bonchev–Trinajstić information content (AvgIpc) is 1.96. The highest BCUT2D eigenvalue weighted by atomic mass is 35.5. The smallest absolute Gasteiger partial charge is 0.0606 e. The van der Waals surface area contributed by atoms with Crippen LogP contribution in [-0.2, 0) is 0 Å². The fourth-order valence-electron chi connectivity index (χ4n) is 1.18. The summed E-state index contributed by atoms with van der Waals surface area (Å²) in [5, 5.41) is 0. The first-order chi connectivity index (χ1) is 5.59. The number of nitrogens with zero attached hydrogens (tertiary/aromatic N) is 1. The van der Waals surface area contributed by atoms with Crippen molar-refractivity contribution in [2.75, 3.05) is 13.1 Å². The summed E-state index contributed by atoms with van der Waals surface area (Å²) >= 11 is 0. The van der Waals surface area contributed by atoms with Crippen molar-refractivity contribution in [3.8, 4) is 11.8 Å². The van der Waals surface area contributed by atoms with Crippen LogP contribution < -0.4 is 5.73 Å². The minimum absolute atomic E-state index is 0. The van der Waals surface area contributed by atoms with E-state index in [1.165, 1.54) is 0 Å². The molecule has 0 aromatic rings. The largest absolute Gasteiger partial charge is 0.320 e. The summed E-state index contributed by atoms with van der Waals surface area (Å²) < 4.78 is 0. The molecule has 2 N–H and O–H groups in total. The van der Waals surface area contributed by atoms with E-state index in [1.807, 2.05) is 0 Å². The van der Waals surface area contributed by atoms with E-state index in [0.717, 1.165) is 6.54 Å². The van der Waals surface area contributed by atoms with E-state index < -0.39 is 0 Å². The van der Waals surface area contributed by atoms with Gasteiger partial charge in [-0.1, -0.05) is 11.8 Å². The molecule has 0 aliphatic rings. The number of nitrogens with two attached hydrogens (primary N) is 1. The van der Waals surface area contributed by atoms with E-state index >= 15 is 0 Å². The van der Waals surface area contributed by atoms with Crippen molar-refractivity contribution in [2.24, 2.45) is 5.73 Å². The van der Waals surface area contributed by atoms with Crippen molar-refractivity contribution in [2.45, 2.75) is 39.8 Å². The van der Waals surface area contributed by atoms with Gasteiger partial charge in [0, 0.05) is 12.1 Å². The molecule has 0 spiro atoms. The van der Waals surface area contributed by atoms with Gasteiger partial charge in [0.1, 0.15) is 0 Å². The molecule has 0 unspecified atom stereocenters. The molecule has 0 amide bonds. The summed E-state index contributed by atoms with van der Waals surface area (Å²) in [6.07, 6.45) is 0. The van der Waals surface area contributed by atoms with Crippen LogP contribution in [0.15, 0.2) is 0 Å². The molecule has 0 aromatic heterocycles. The maximum atomic E-state index is 5.27. The summed E-state index contributed by atoms with van der Waals surface area (Å²) in [6.45, 7) is 10.0. The Morgan fingerprint density at radius 3 is 1.71 bits per heavy atom. The maximum absolute atomic E-state index is 5.27. The van der Waals surface area contributed by atoms with Gasteiger partial charge in [-0.15, -0.1) is 24.8 Å². The lowest BCUT2D eigenvalue weighted by Crippen LogP contribution is -2.37. The zero-order valence-corrected chi connectivity index (χ0v) is 11.0. The Morgan fingerprint density at radius 2 is 1.43 bits per heavy atom. The zero-order chi connectivity index (χ0) is 9.56. The van der Waals surface area contributed by atoms with Gasteiger partial charge in [0.2, 0.25) is 0 Å². The van der Waals surface area contributed by atoms with Crippen LogP contribution in [0.5, 0.6) is 0 Å². The molecule has 0 saturated heterocycles. The highest BCUT2D eigenvalue weighted by Crippen LogP contribution is 2.02. The monoisotopic (exact) mass is 240 g/mol. The van der Waals surface area contributed by atoms with E-state index in [-0.39, 0.29) is 24.8 Å². The highest BCUT2D eigenvalue weighted by molar-refractivity contribution is 5.85. The Balaban J connectivity index is -0.000000605. The second-order valence-corrected chi connectivity index (χ2v) is 3.42. The summed E-state index contributed by atoms with van der Waals surface area (Å²) in [4.78, 5) is 2.34. The van der Waals surface area contributed by atoms with E-state index in [1.54, 1.807) is 0 Å². The Labute approximate surface area is 100 Å². The zero-order valence-electron chi connectivity index (χ0n) is 9.41. The molecule has 0 aliphatic carbocycles. The molecule has 2 nitrogen and oxygen atoms in total. The van der Waals surface area contributed by atoms with Crippen LogP contribution in [0, 0.1) is 11.8 Å². The lowest BCUT2D eigenvalue weighted by Gasteiger charge is -2.28. The highest BCUT2D eigenvalue weighted by Gasteiger charge is 2.10. The molecule has 0 rings (SSSR count). The van der Waals surface area contributed by atoms with Crippen LogP contribution in [0.3, 0.4) is 0 Å². The van der Waals surface area contributed by atoms with E-state index in [4.69, 9.17) is 5.73 Å². The number of halogens is 2. The van der Waals surface area contributed by atoms with Crippen LogP contribution >= 0.6 is 24.8 Å². The fourth-order valence-corrected chi connectivity index (χ4v) is 1.18. The van der Waals surface area contributed by atoms with Gasteiger partial charge in [0.05, 0.1) is 13.1 Å². The van der Waals surface area contributed by atoms with E-state index in [9.17, 15) is 0 Å². The summed E-state index contributed by atoms with van der Waals surface area (Å²) in [7, 11) is 0. The Hall–Kier alpha value is 0.0600. The first kappa shape index (κ1) is 19.6. The lowest BCUT2D eigenvalue weighted by molar-refractivity contribution is 0.200. The van der Waals surface area contributed by atoms with Crippen LogP contribution in [-0.4, -0.2) is 30.1 Å². The predicted octanol–water partition coefficient (Wildman–Crippen LogP) is 1.91. The minimum atomic E-state index is 0. The molecule has 4 heteroatoms. The van der Waals surface area contributed by atoms with Crippen LogP contribution in [0.4, 0.5) is 0 Å². The van der Waals surface area contributed by atoms with Crippen molar-refractivity contribution in [1.29, 1.82) is 0 Å². The molecule has 0 saturated carbocycles. The fraction of sp³-hybridized carbons (Fsp3) is 0.800. The SMILES string of the molecule is CC(C)N(CC#CCN)C(C)C.Cl.Cl. The predicted molar refractivity (Wildman–Crippen MR) is 68.3 cm³/mol. The molecule has 0 heterocycles. The number of hydrogen-bond acceptors (Lipinski definition) is 2. The van der Waals surface area contributed by atoms with Crippen LogP contribution in [0.1, 0.15) is 27.7 Å². The molecule has 0 fully saturated rings. The van der Waals surface area contributed by atoms with Gasteiger partial charge in [0.15, 0.2) is 0 Å². The maximum Gasteiger partial charge on any atom is 0.0606 e. The first-order valence-electron chi connectivity index (χ1n) is 4.51. The molecule has 86 valence electrons. The molecular weight excluding hydrogens is 219 g/mol. The van der Waals surface area contributed by atoms with Crippen molar-refractivity contribution >= 4 is 24.8 Å². The third-order valence-corrected chi connectivity index (χ3v) is 1.82. The van der Waals surface area contributed by atoms with Crippen molar-refractivity contribution in [3.05, 3.63) is 0 Å². The standard InChI is InChI=1S/C10H20N2.2ClH/c1-9(2)12(10(3)4)8-6-5-7-11;;/h9-10H,7-8,11H2,1-4H3;2*1H. The Bertz CT molecular complexity index is 163. The molecule has 14 heavy (non-hydrogen) atoms. The normalized spacial score (nSPS) is 9.14. The van der Waals surface area contributed by atoms with Crippen LogP contribution in [0.2, 0.25) is 0 Å². The van der Waals surface area contributed by atoms with Crippen LogP contribution in [0.25, 0.3) is 0 Å². The Morgan fingerprint density at radius 1 is 1.00 bits per heavy atom. The van der Waals surface area contributed by atoms with Crippen molar-refractivity contribution in [1.82, 2.24) is 4.90 Å². The number of rotatable bonds is 3. The van der Waals surface area contributed by atoms with Gasteiger partial charge in [-0.05, 0) is 27.7 Å². The molecule has 0 aromatic carbocycles. The summed E-state index contributed by atoms with van der Waals surface area (Å²) in [5.74, 6) is 5.92. The second kappa shape index (κ2) is 11.1. The average molecular weight is 241 g/mol. The molecule has 0 radical (unpaired) electrons. The van der Waals surface area contributed by atoms with Gasteiger partial charge in [-0.2, -0.15) is 0 Å². The lowest BCUT2D eigenvalue weighted by atomic mass is 10.2. The van der Waals surface area contributed by atoms with Gasteiger partial charge >= 0.3 is 0 Å². The molecular formula is C10H22Cl2N2. The third-order valence-electron chi connectivity index (χ3n) is 1.82. The first-order valence-corrected chi connectivity index (χ1v) is 4.51. The van der Waals surface area contributed by atoms with Gasteiger partial charge in [-0.3, -0.25) is 4.90 Å².